The third kappa shape index (κ3) is 6.32. The van der Waals surface area contributed by atoms with E-state index in [1.54, 1.807) is 12.3 Å². The number of ether oxygens (including phenoxy) is 2. The number of amides is 1. The molecule has 0 spiro atoms. The smallest absolute Gasteiger partial charge is 0.235 e. The van der Waals surface area contributed by atoms with E-state index in [9.17, 15) is 14.0 Å². The topological polar surface area (TPSA) is 105 Å². The van der Waals surface area contributed by atoms with Crippen LogP contribution >= 0.6 is 11.6 Å². The van der Waals surface area contributed by atoms with Gasteiger partial charge in [0.05, 0.1) is 35.1 Å². The van der Waals surface area contributed by atoms with E-state index in [1.807, 2.05) is 0 Å². The van der Waals surface area contributed by atoms with Crippen molar-refractivity contribution >= 4 is 34.7 Å². The summed E-state index contributed by atoms with van der Waals surface area (Å²) in [4.78, 5) is 36.5. The van der Waals surface area contributed by atoms with Crippen LogP contribution in [-0.2, 0) is 16.1 Å². The van der Waals surface area contributed by atoms with Crippen LogP contribution in [0.3, 0.4) is 0 Å². The third-order valence-corrected chi connectivity index (χ3v) is 6.97. The molecule has 0 radical (unpaired) electrons. The van der Waals surface area contributed by atoms with Gasteiger partial charge in [0.15, 0.2) is 5.78 Å². The molecule has 0 unspecified atom stereocenters. The Hall–Kier alpha value is -2.92. The molecule has 0 bridgehead atoms. The van der Waals surface area contributed by atoms with Gasteiger partial charge in [-0.3, -0.25) is 24.5 Å². The largest absolute Gasteiger partial charge is 0.488 e. The maximum Gasteiger partial charge on any atom is 0.235 e. The number of carbonyl (C=O) groups excluding carboxylic acids is 2. The number of rotatable bonds is 9. The quantitative estimate of drug-likeness (QED) is 0.513. The second kappa shape index (κ2) is 11.6. The van der Waals surface area contributed by atoms with Gasteiger partial charge in [0.1, 0.15) is 30.6 Å². The normalized spacial score (nSPS) is 21.6. The lowest BCUT2D eigenvalue weighted by Crippen LogP contribution is -2.42. The van der Waals surface area contributed by atoms with Crippen LogP contribution in [0.5, 0.6) is 5.75 Å². The summed E-state index contributed by atoms with van der Waals surface area (Å²) in [6, 6.07) is 5.70. The lowest BCUT2D eigenvalue weighted by Gasteiger charge is -2.23. The molecule has 9 nitrogen and oxygen atoms in total. The Kier molecular flexibility index (Phi) is 8.09. The second-order valence-corrected chi connectivity index (χ2v) is 9.77. The molecule has 3 aliphatic heterocycles. The van der Waals surface area contributed by atoms with E-state index in [-0.39, 0.29) is 55.3 Å². The zero-order valence-corrected chi connectivity index (χ0v) is 21.1. The fourth-order valence-electron chi connectivity index (χ4n) is 4.82. The summed E-state index contributed by atoms with van der Waals surface area (Å²) in [6.07, 6.45) is 5.61. The summed E-state index contributed by atoms with van der Waals surface area (Å²) < 4.78 is 25.0. The number of halogens is 2. The van der Waals surface area contributed by atoms with Crippen molar-refractivity contribution < 1.29 is 23.5 Å². The number of nitrogens with zero attached hydrogens (tertiary/aromatic N) is 3. The first-order chi connectivity index (χ1) is 18.0. The van der Waals surface area contributed by atoms with Gasteiger partial charge in [0.2, 0.25) is 5.91 Å². The summed E-state index contributed by atoms with van der Waals surface area (Å²) in [7, 11) is 0. The summed E-state index contributed by atoms with van der Waals surface area (Å²) in [6.45, 7) is 2.51. The third-order valence-electron chi connectivity index (χ3n) is 6.68. The molecule has 4 heterocycles. The van der Waals surface area contributed by atoms with E-state index in [0.717, 1.165) is 25.9 Å². The number of fused-ring (bicyclic) bond motifs is 1. The highest BCUT2D eigenvalue weighted by molar-refractivity contribution is 6.30. The molecule has 1 aromatic carbocycles. The lowest BCUT2D eigenvalue weighted by atomic mass is 10.00. The monoisotopic (exact) mass is 529 g/mol. The van der Waals surface area contributed by atoms with E-state index in [1.165, 1.54) is 31.0 Å². The molecule has 37 heavy (non-hydrogen) atoms. The van der Waals surface area contributed by atoms with Crippen molar-refractivity contribution in [3.05, 3.63) is 52.6 Å². The van der Waals surface area contributed by atoms with Gasteiger partial charge in [-0.2, -0.15) is 0 Å². The summed E-state index contributed by atoms with van der Waals surface area (Å²) in [5.41, 5.74) is 2.04. The molecule has 2 fully saturated rings. The Morgan fingerprint density at radius 2 is 2.08 bits per heavy atom. The Morgan fingerprint density at radius 3 is 2.89 bits per heavy atom. The minimum Gasteiger partial charge on any atom is -0.488 e. The molecule has 2 atom stereocenters. The van der Waals surface area contributed by atoms with Crippen LogP contribution in [-0.4, -0.2) is 66.0 Å². The lowest BCUT2D eigenvalue weighted by molar-refractivity contribution is -0.126. The maximum atomic E-state index is 13.4. The van der Waals surface area contributed by atoms with Crippen molar-refractivity contribution in [3.63, 3.8) is 0 Å². The van der Waals surface area contributed by atoms with E-state index in [0.29, 0.717) is 28.4 Å². The molecule has 3 aliphatic rings. The van der Waals surface area contributed by atoms with Gasteiger partial charge in [0.25, 0.3) is 0 Å². The fourth-order valence-corrected chi connectivity index (χ4v) is 4.99. The van der Waals surface area contributed by atoms with Crippen molar-refractivity contribution in [1.82, 2.24) is 20.5 Å². The molecule has 11 heteroatoms. The zero-order chi connectivity index (χ0) is 25.8. The number of nitrogens with one attached hydrogen (secondary N) is 2. The first kappa shape index (κ1) is 25.7. The average Bonchev–Trinajstić information content (AvgIpc) is 3.57. The number of benzene rings is 1. The first-order valence-electron chi connectivity index (χ1n) is 12.5. The minimum absolute atomic E-state index is 0.0444. The molecule has 1 aromatic heterocycles. The number of aromatic nitrogens is 1. The standard InChI is InChI=1S/C26H29ClFN5O4/c27-19-12-17(3-4-20(19)28)36-15-16-11-22(34)18-7-8-30-21(26(18)31-16)13-29-14-23(35)32-24-5-6-25(37-24)33-9-1-2-10-33/h3-4,7-8,12,24-25,29H,1-2,5-6,9-11,13-15H2,(H,32,35)/t24-,25-/m1/s1. The molecule has 2 saturated heterocycles. The van der Waals surface area contributed by atoms with E-state index in [2.05, 4.69) is 25.5 Å². The maximum absolute atomic E-state index is 13.4. The van der Waals surface area contributed by atoms with Crippen LogP contribution in [0.4, 0.5) is 10.1 Å². The molecule has 0 saturated carbocycles. The van der Waals surface area contributed by atoms with Gasteiger partial charge in [0, 0.05) is 37.5 Å². The molecule has 0 aliphatic carbocycles. The van der Waals surface area contributed by atoms with Crippen molar-refractivity contribution in [1.29, 1.82) is 0 Å². The first-order valence-corrected chi connectivity index (χ1v) is 12.9. The Morgan fingerprint density at radius 1 is 1.24 bits per heavy atom. The van der Waals surface area contributed by atoms with Crippen LogP contribution in [0.1, 0.15) is 48.2 Å². The fraction of sp³-hybridized carbons (Fsp3) is 0.462. The van der Waals surface area contributed by atoms with E-state index < -0.39 is 5.82 Å². The Labute approximate surface area is 219 Å². The highest BCUT2D eigenvalue weighted by Gasteiger charge is 2.32. The average molecular weight is 530 g/mol. The number of hydrogen-bond donors (Lipinski definition) is 2. The molecule has 1 amide bonds. The number of Topliss-reactive ketones (excluding diaryl/α,β-unsaturated/α-hetero) is 1. The van der Waals surface area contributed by atoms with Gasteiger partial charge in [-0.15, -0.1) is 0 Å². The van der Waals surface area contributed by atoms with Gasteiger partial charge in [-0.1, -0.05) is 11.6 Å². The minimum atomic E-state index is -0.535. The SMILES string of the molecule is O=C(CNCc1nccc2c1N=C(COc1ccc(F)c(Cl)c1)CC2=O)N[C@H]1CC[C@H](N2CCCC2)O1. The zero-order valence-electron chi connectivity index (χ0n) is 20.3. The van der Waals surface area contributed by atoms with Crippen molar-refractivity contribution in [3.8, 4) is 5.75 Å². The molecule has 2 aromatic rings. The molecule has 196 valence electrons. The van der Waals surface area contributed by atoms with Crippen LogP contribution in [0.2, 0.25) is 5.02 Å². The van der Waals surface area contributed by atoms with Crippen molar-refractivity contribution in [2.45, 2.75) is 51.1 Å². The van der Waals surface area contributed by atoms with Crippen LogP contribution in [0.15, 0.2) is 35.5 Å². The Bertz CT molecular complexity index is 1200. The van der Waals surface area contributed by atoms with Crippen molar-refractivity contribution in [2.24, 2.45) is 4.99 Å². The highest BCUT2D eigenvalue weighted by atomic mass is 35.5. The summed E-state index contributed by atoms with van der Waals surface area (Å²) in [5.74, 6) is -0.409. The number of ketones is 1. The van der Waals surface area contributed by atoms with Gasteiger partial charge in [-0.25, -0.2) is 4.39 Å². The van der Waals surface area contributed by atoms with Gasteiger partial charge >= 0.3 is 0 Å². The molecule has 2 N–H and O–H groups in total. The highest BCUT2D eigenvalue weighted by Crippen LogP contribution is 2.29. The molecular formula is C26H29ClFN5O4. The van der Waals surface area contributed by atoms with E-state index in [4.69, 9.17) is 21.1 Å². The summed E-state index contributed by atoms with van der Waals surface area (Å²) in [5, 5.41) is 5.98. The van der Waals surface area contributed by atoms with Crippen molar-refractivity contribution in [2.75, 3.05) is 26.2 Å². The van der Waals surface area contributed by atoms with Gasteiger partial charge in [-0.05, 0) is 43.9 Å². The van der Waals surface area contributed by atoms with Crippen LogP contribution in [0, 0.1) is 5.82 Å². The second-order valence-electron chi connectivity index (χ2n) is 9.37. The Balaban J connectivity index is 1.14. The molecular weight excluding hydrogens is 501 g/mol. The van der Waals surface area contributed by atoms with Crippen LogP contribution in [0.25, 0.3) is 0 Å². The predicted octanol–water partition coefficient (Wildman–Crippen LogP) is 3.38. The van der Waals surface area contributed by atoms with Crippen LogP contribution < -0.4 is 15.4 Å². The number of hydrogen-bond acceptors (Lipinski definition) is 8. The number of pyridine rings is 1. The number of aliphatic imine (C=N–C) groups is 1. The van der Waals surface area contributed by atoms with E-state index >= 15 is 0 Å². The predicted molar refractivity (Wildman–Crippen MR) is 136 cm³/mol. The number of carbonyl (C=O) groups is 2. The molecule has 5 rings (SSSR count). The van der Waals surface area contributed by atoms with Gasteiger partial charge < -0.3 is 20.1 Å². The summed E-state index contributed by atoms with van der Waals surface area (Å²) >= 11 is 5.81. The number of likely N-dealkylation sites (tertiary alicyclic amines) is 1.